The van der Waals surface area contributed by atoms with Gasteiger partial charge in [0.2, 0.25) is 5.91 Å². The van der Waals surface area contributed by atoms with Crippen molar-refractivity contribution < 1.29 is 13.6 Å². The molecule has 2 atom stereocenters. The Kier molecular flexibility index (Phi) is 5.93. The standard InChI is InChI=1S/C16H22F2N2O.ClH/c1-16(2,8-19)9-20(3)15(21)13-7-12(13)11-5-4-10(17)6-14(11)18;/h4-6,12-13H,7-9,19H2,1-3H3;1H. The van der Waals surface area contributed by atoms with E-state index in [2.05, 4.69) is 0 Å². The Balaban J connectivity index is 0.00000242. The molecular formula is C16H23ClF2N2O. The SMILES string of the molecule is CN(CC(C)(C)CN)C(=O)C1CC1c1ccc(F)cc1F.Cl. The zero-order chi connectivity index (χ0) is 15.8. The molecule has 1 aliphatic rings. The number of hydrogen-bond donors (Lipinski definition) is 1. The van der Waals surface area contributed by atoms with E-state index in [4.69, 9.17) is 5.73 Å². The predicted molar refractivity (Wildman–Crippen MR) is 84.9 cm³/mol. The zero-order valence-electron chi connectivity index (χ0n) is 13.1. The van der Waals surface area contributed by atoms with Crippen LogP contribution in [0.25, 0.3) is 0 Å². The van der Waals surface area contributed by atoms with Gasteiger partial charge in [0.25, 0.3) is 0 Å². The number of halogens is 3. The molecular weight excluding hydrogens is 310 g/mol. The van der Waals surface area contributed by atoms with E-state index in [9.17, 15) is 13.6 Å². The molecule has 0 heterocycles. The number of benzene rings is 1. The molecule has 1 amide bonds. The van der Waals surface area contributed by atoms with E-state index >= 15 is 0 Å². The van der Waals surface area contributed by atoms with Crippen molar-refractivity contribution in [1.82, 2.24) is 4.90 Å². The van der Waals surface area contributed by atoms with Crippen LogP contribution in [-0.4, -0.2) is 30.9 Å². The summed E-state index contributed by atoms with van der Waals surface area (Å²) in [4.78, 5) is 14.0. The Labute approximate surface area is 136 Å². The summed E-state index contributed by atoms with van der Waals surface area (Å²) in [7, 11) is 1.75. The van der Waals surface area contributed by atoms with Crippen LogP contribution in [0.3, 0.4) is 0 Å². The van der Waals surface area contributed by atoms with Gasteiger partial charge < -0.3 is 10.6 Å². The van der Waals surface area contributed by atoms with E-state index in [1.807, 2.05) is 13.8 Å². The van der Waals surface area contributed by atoms with Crippen molar-refractivity contribution >= 4 is 18.3 Å². The minimum atomic E-state index is -0.596. The van der Waals surface area contributed by atoms with Crippen molar-refractivity contribution in [3.63, 3.8) is 0 Å². The normalized spacial score (nSPS) is 20.3. The molecule has 3 nitrogen and oxygen atoms in total. The highest BCUT2D eigenvalue weighted by Crippen LogP contribution is 2.49. The molecule has 6 heteroatoms. The number of nitrogens with zero attached hydrogens (tertiary/aromatic N) is 1. The molecule has 1 aromatic carbocycles. The first-order valence-electron chi connectivity index (χ1n) is 7.15. The Morgan fingerprint density at radius 3 is 2.59 bits per heavy atom. The van der Waals surface area contributed by atoms with Gasteiger partial charge in [0, 0.05) is 25.6 Å². The van der Waals surface area contributed by atoms with Gasteiger partial charge in [-0.3, -0.25) is 4.79 Å². The average Bonchev–Trinajstić information content (AvgIpc) is 3.17. The smallest absolute Gasteiger partial charge is 0.226 e. The first kappa shape index (κ1) is 18.8. The molecule has 2 rings (SSSR count). The number of rotatable bonds is 5. The van der Waals surface area contributed by atoms with Gasteiger partial charge >= 0.3 is 0 Å². The molecule has 124 valence electrons. The Bertz CT molecular complexity index is 551. The maximum Gasteiger partial charge on any atom is 0.226 e. The van der Waals surface area contributed by atoms with E-state index in [1.54, 1.807) is 11.9 Å². The van der Waals surface area contributed by atoms with Crippen molar-refractivity contribution in [2.45, 2.75) is 26.2 Å². The fourth-order valence-electron chi connectivity index (χ4n) is 2.68. The molecule has 0 aliphatic heterocycles. The molecule has 0 bridgehead atoms. The van der Waals surface area contributed by atoms with Crippen LogP contribution in [0, 0.1) is 23.0 Å². The van der Waals surface area contributed by atoms with Gasteiger partial charge in [0.05, 0.1) is 0 Å². The lowest BCUT2D eigenvalue weighted by Crippen LogP contribution is -2.40. The van der Waals surface area contributed by atoms with Gasteiger partial charge in [-0.2, -0.15) is 0 Å². The maximum absolute atomic E-state index is 13.7. The average molecular weight is 333 g/mol. The van der Waals surface area contributed by atoms with Crippen LogP contribution in [0.5, 0.6) is 0 Å². The quantitative estimate of drug-likeness (QED) is 0.901. The summed E-state index contributed by atoms with van der Waals surface area (Å²) < 4.78 is 26.6. The lowest BCUT2D eigenvalue weighted by molar-refractivity contribution is -0.132. The van der Waals surface area contributed by atoms with Crippen LogP contribution in [0.2, 0.25) is 0 Å². The van der Waals surface area contributed by atoms with Crippen molar-refractivity contribution in [3.05, 3.63) is 35.4 Å². The van der Waals surface area contributed by atoms with Gasteiger partial charge in [0.15, 0.2) is 0 Å². The van der Waals surface area contributed by atoms with Gasteiger partial charge in [-0.15, -0.1) is 12.4 Å². The first-order chi connectivity index (χ1) is 9.75. The third-order valence-corrected chi connectivity index (χ3v) is 4.06. The molecule has 0 spiro atoms. The lowest BCUT2D eigenvalue weighted by atomic mass is 9.93. The predicted octanol–water partition coefficient (Wildman–Crippen LogP) is 2.93. The number of amides is 1. The van der Waals surface area contributed by atoms with Crippen LogP contribution < -0.4 is 5.73 Å². The second-order valence-electron chi connectivity index (χ2n) is 6.68. The molecule has 2 unspecified atom stereocenters. The summed E-state index contributed by atoms with van der Waals surface area (Å²) in [5.74, 6) is -1.50. The van der Waals surface area contributed by atoms with E-state index < -0.39 is 11.6 Å². The van der Waals surface area contributed by atoms with Gasteiger partial charge in [-0.05, 0) is 35.9 Å². The zero-order valence-corrected chi connectivity index (χ0v) is 13.9. The van der Waals surface area contributed by atoms with Crippen LogP contribution in [0.4, 0.5) is 8.78 Å². The van der Waals surface area contributed by atoms with E-state index in [-0.39, 0.29) is 35.6 Å². The second kappa shape index (κ2) is 6.92. The Morgan fingerprint density at radius 1 is 1.41 bits per heavy atom. The summed E-state index contributed by atoms with van der Waals surface area (Å²) in [5, 5.41) is 0. The van der Waals surface area contributed by atoms with Crippen LogP contribution >= 0.6 is 12.4 Å². The summed E-state index contributed by atoms with van der Waals surface area (Å²) in [6.45, 7) is 5.06. The minimum absolute atomic E-state index is 0. The first-order valence-corrected chi connectivity index (χ1v) is 7.15. The largest absolute Gasteiger partial charge is 0.345 e. The summed E-state index contributed by atoms with van der Waals surface area (Å²) in [5.41, 5.74) is 5.96. The van der Waals surface area contributed by atoms with E-state index in [0.717, 1.165) is 6.07 Å². The van der Waals surface area contributed by atoms with E-state index in [1.165, 1.54) is 12.1 Å². The third kappa shape index (κ3) is 4.17. The molecule has 2 N–H and O–H groups in total. The maximum atomic E-state index is 13.7. The van der Waals surface area contributed by atoms with Crippen molar-refractivity contribution in [3.8, 4) is 0 Å². The highest BCUT2D eigenvalue weighted by Gasteiger charge is 2.46. The third-order valence-electron chi connectivity index (χ3n) is 4.06. The van der Waals surface area contributed by atoms with Gasteiger partial charge in [-0.1, -0.05) is 19.9 Å². The topological polar surface area (TPSA) is 46.3 Å². The fraction of sp³-hybridized carbons (Fsp3) is 0.562. The summed E-state index contributed by atoms with van der Waals surface area (Å²) in [6, 6.07) is 3.54. The second-order valence-corrected chi connectivity index (χ2v) is 6.68. The van der Waals surface area contributed by atoms with Crippen LogP contribution in [-0.2, 0) is 4.79 Å². The molecule has 0 aromatic heterocycles. The van der Waals surface area contributed by atoms with Gasteiger partial charge in [0.1, 0.15) is 11.6 Å². The molecule has 1 aliphatic carbocycles. The molecule has 1 saturated carbocycles. The number of carbonyl (C=O) groups excluding carboxylic acids is 1. The molecule has 0 radical (unpaired) electrons. The molecule has 0 saturated heterocycles. The number of carbonyl (C=O) groups is 1. The lowest BCUT2D eigenvalue weighted by Gasteiger charge is -2.29. The Morgan fingerprint density at radius 2 is 2.05 bits per heavy atom. The number of nitrogens with two attached hydrogens (primary N) is 1. The number of hydrogen-bond acceptors (Lipinski definition) is 2. The summed E-state index contributed by atoms with van der Waals surface area (Å²) >= 11 is 0. The van der Waals surface area contributed by atoms with E-state index in [0.29, 0.717) is 25.1 Å². The van der Waals surface area contributed by atoms with Crippen molar-refractivity contribution in [2.75, 3.05) is 20.1 Å². The highest BCUT2D eigenvalue weighted by atomic mass is 35.5. The molecule has 1 fully saturated rings. The minimum Gasteiger partial charge on any atom is -0.345 e. The van der Waals surface area contributed by atoms with Crippen molar-refractivity contribution in [1.29, 1.82) is 0 Å². The fourth-order valence-corrected chi connectivity index (χ4v) is 2.68. The van der Waals surface area contributed by atoms with Gasteiger partial charge in [-0.25, -0.2) is 8.78 Å². The molecule has 1 aromatic rings. The Hall–Kier alpha value is -1.20. The summed E-state index contributed by atoms with van der Waals surface area (Å²) in [6.07, 6.45) is 0.620. The van der Waals surface area contributed by atoms with Crippen LogP contribution in [0.1, 0.15) is 31.7 Å². The van der Waals surface area contributed by atoms with Crippen molar-refractivity contribution in [2.24, 2.45) is 17.1 Å². The highest BCUT2D eigenvalue weighted by molar-refractivity contribution is 5.85. The molecule has 22 heavy (non-hydrogen) atoms. The monoisotopic (exact) mass is 332 g/mol. The van der Waals surface area contributed by atoms with Crippen LogP contribution in [0.15, 0.2) is 18.2 Å².